The van der Waals surface area contributed by atoms with Crippen LogP contribution in [0.25, 0.3) is 0 Å². The highest BCUT2D eigenvalue weighted by Crippen LogP contribution is 2.33. The van der Waals surface area contributed by atoms with Crippen LogP contribution in [-0.2, 0) is 14.3 Å². The van der Waals surface area contributed by atoms with Crippen molar-refractivity contribution in [2.45, 2.75) is 97.4 Å². The van der Waals surface area contributed by atoms with Gasteiger partial charge in [0, 0.05) is 31.4 Å². The van der Waals surface area contributed by atoms with Crippen LogP contribution in [-0.4, -0.2) is 83.5 Å². The van der Waals surface area contributed by atoms with Crippen LogP contribution in [0.5, 0.6) is 5.75 Å². The normalized spacial score (nSPS) is 18.8. The molecule has 1 saturated heterocycles. The third kappa shape index (κ3) is 9.33. The Morgan fingerprint density at radius 2 is 1.63 bits per heavy atom. The molecule has 0 saturated carbocycles. The fourth-order valence-electron chi connectivity index (χ4n) is 5.87. The molecule has 3 amide bonds. The second-order valence-electron chi connectivity index (χ2n) is 13.3. The van der Waals surface area contributed by atoms with E-state index >= 15 is 0 Å². The molecule has 1 aromatic heterocycles. The number of likely N-dealkylation sites (N-methyl/N-ethyl adjacent to an activating group) is 2. The lowest BCUT2D eigenvalue weighted by Gasteiger charge is -2.43. The summed E-state index contributed by atoms with van der Waals surface area (Å²) in [7, 11) is 3.47. The van der Waals surface area contributed by atoms with Gasteiger partial charge in [-0.2, -0.15) is 8.78 Å². The Labute approximate surface area is 298 Å². The van der Waals surface area contributed by atoms with E-state index in [0.717, 1.165) is 36.1 Å². The van der Waals surface area contributed by atoms with Crippen molar-refractivity contribution in [3.63, 3.8) is 0 Å². The van der Waals surface area contributed by atoms with Crippen LogP contribution in [0.4, 0.5) is 26.7 Å². The van der Waals surface area contributed by atoms with Crippen molar-refractivity contribution in [1.82, 2.24) is 25.4 Å². The number of piperidine rings is 1. The summed E-state index contributed by atoms with van der Waals surface area (Å²) >= 11 is 0.809. The van der Waals surface area contributed by atoms with E-state index in [1.165, 1.54) is 4.90 Å². The van der Waals surface area contributed by atoms with Crippen LogP contribution in [0.1, 0.15) is 95.2 Å². The largest absolute Gasteiger partial charge is 0.439 e. The molecule has 3 rings (SSSR count). The van der Waals surface area contributed by atoms with Gasteiger partial charge in [-0.15, -0.1) is 11.3 Å². The van der Waals surface area contributed by atoms with Crippen LogP contribution >= 0.6 is 11.3 Å². The summed E-state index contributed by atoms with van der Waals surface area (Å²) in [4.78, 5) is 60.9. The molecule has 11 nitrogen and oxygen atoms in total. The Morgan fingerprint density at radius 3 is 2.18 bits per heavy atom. The molecule has 51 heavy (non-hydrogen) atoms. The number of amides is 3. The van der Waals surface area contributed by atoms with Crippen molar-refractivity contribution in [1.29, 1.82) is 0 Å². The van der Waals surface area contributed by atoms with Crippen LogP contribution in [0, 0.1) is 40.9 Å². The summed E-state index contributed by atoms with van der Waals surface area (Å²) in [6.07, 6.45) is 1.05. The van der Waals surface area contributed by atoms with Gasteiger partial charge in [0.1, 0.15) is 11.0 Å². The standard InChI is InChI=1S/C34H46F5N5O6S/c1-9-18(5)27(42-32(47)34(6)13-11-12-14-43(34)7)30(45)44(8)20(17(3)4)15-21(49-33(48)40-10-2)29-41-19(16-51-29)31(46)50-28-25(38)23(36)22(35)24(37)26(28)39/h16-18,20-21,27H,9-15H2,1-8H3,(H,40,48)(H,42,47)/t18-,20+,21+,27-,34+/m0/s1. The molecule has 0 unspecified atom stereocenters. The molecule has 1 fully saturated rings. The van der Waals surface area contributed by atoms with Crippen LogP contribution < -0.4 is 15.4 Å². The molecule has 2 aromatic rings. The number of hydrogen-bond donors (Lipinski definition) is 2. The van der Waals surface area contributed by atoms with Gasteiger partial charge in [-0.25, -0.2) is 27.7 Å². The molecule has 0 aliphatic carbocycles. The van der Waals surface area contributed by atoms with E-state index in [9.17, 15) is 41.1 Å². The highest BCUT2D eigenvalue weighted by Gasteiger charge is 2.43. The van der Waals surface area contributed by atoms with Gasteiger partial charge in [0.05, 0.1) is 5.54 Å². The van der Waals surface area contributed by atoms with Crippen molar-refractivity contribution in [3.8, 4) is 5.75 Å². The summed E-state index contributed by atoms with van der Waals surface area (Å²) in [5, 5.41) is 6.65. The molecule has 1 aliphatic rings. The van der Waals surface area contributed by atoms with E-state index in [-0.39, 0.29) is 41.6 Å². The first kappa shape index (κ1) is 41.6. The first-order valence-electron chi connectivity index (χ1n) is 16.8. The van der Waals surface area contributed by atoms with Gasteiger partial charge in [0.2, 0.25) is 46.6 Å². The molecule has 0 radical (unpaired) electrons. The number of carbonyl (C=O) groups excluding carboxylic acids is 4. The third-order valence-corrected chi connectivity index (χ3v) is 10.5. The Kier molecular flexibility index (Phi) is 14.3. The molecule has 0 spiro atoms. The smallest absolute Gasteiger partial charge is 0.407 e. The number of nitrogens with zero attached hydrogens (tertiary/aromatic N) is 3. The number of nitrogens with one attached hydrogen (secondary N) is 2. The third-order valence-electron chi connectivity index (χ3n) is 9.52. The van der Waals surface area contributed by atoms with Crippen LogP contribution in [0.3, 0.4) is 0 Å². The average molecular weight is 748 g/mol. The molecular weight excluding hydrogens is 701 g/mol. The fourth-order valence-corrected chi connectivity index (χ4v) is 6.69. The van der Waals surface area contributed by atoms with Crippen molar-refractivity contribution < 1.29 is 50.6 Å². The minimum absolute atomic E-state index is 0.0251. The lowest BCUT2D eigenvalue weighted by molar-refractivity contribution is -0.143. The summed E-state index contributed by atoms with van der Waals surface area (Å²) in [5.74, 6) is -16.1. The van der Waals surface area contributed by atoms with Gasteiger partial charge in [0.15, 0.2) is 11.8 Å². The van der Waals surface area contributed by atoms with E-state index < -0.39 is 76.3 Å². The Bertz CT molecular complexity index is 1570. The average Bonchev–Trinajstić information content (AvgIpc) is 3.60. The Hall–Kier alpha value is -3.86. The molecule has 284 valence electrons. The monoisotopic (exact) mass is 747 g/mol. The second kappa shape index (κ2) is 17.6. The summed E-state index contributed by atoms with van der Waals surface area (Å²) in [5.41, 5.74) is -1.35. The number of hydrogen-bond acceptors (Lipinski definition) is 9. The number of aromatic nitrogens is 1. The molecule has 2 heterocycles. The highest BCUT2D eigenvalue weighted by molar-refractivity contribution is 7.09. The maximum Gasteiger partial charge on any atom is 0.407 e. The quantitative estimate of drug-likeness (QED) is 0.0778. The zero-order valence-electron chi connectivity index (χ0n) is 30.0. The summed E-state index contributed by atoms with van der Waals surface area (Å²) in [6, 6.07) is -1.48. The topological polar surface area (TPSA) is 130 Å². The number of rotatable bonds is 14. The predicted octanol–water partition coefficient (Wildman–Crippen LogP) is 6.12. The van der Waals surface area contributed by atoms with Crippen molar-refractivity contribution in [2.75, 3.05) is 27.2 Å². The molecule has 1 aliphatic heterocycles. The van der Waals surface area contributed by atoms with Gasteiger partial charge in [-0.05, 0) is 58.5 Å². The maximum absolute atomic E-state index is 14.2. The van der Waals surface area contributed by atoms with Crippen molar-refractivity contribution >= 4 is 35.2 Å². The zero-order valence-corrected chi connectivity index (χ0v) is 30.8. The van der Waals surface area contributed by atoms with Crippen molar-refractivity contribution in [2.24, 2.45) is 11.8 Å². The first-order chi connectivity index (χ1) is 23.9. The number of carbonyl (C=O) groups is 4. The second-order valence-corrected chi connectivity index (χ2v) is 14.2. The van der Waals surface area contributed by atoms with E-state index in [1.807, 2.05) is 46.6 Å². The minimum atomic E-state index is -2.42. The predicted molar refractivity (Wildman–Crippen MR) is 178 cm³/mol. The maximum atomic E-state index is 14.2. The molecule has 1 aromatic carbocycles. The van der Waals surface area contributed by atoms with Crippen LogP contribution in [0.15, 0.2) is 5.38 Å². The molecule has 0 bridgehead atoms. The lowest BCUT2D eigenvalue weighted by Crippen LogP contribution is -2.62. The highest BCUT2D eigenvalue weighted by atomic mass is 32.1. The molecule has 2 N–H and O–H groups in total. The minimum Gasteiger partial charge on any atom is -0.439 e. The van der Waals surface area contributed by atoms with Crippen molar-refractivity contribution in [3.05, 3.63) is 45.2 Å². The van der Waals surface area contributed by atoms with E-state index in [4.69, 9.17) is 4.74 Å². The van der Waals surface area contributed by atoms with Gasteiger partial charge in [0.25, 0.3) is 0 Å². The first-order valence-corrected chi connectivity index (χ1v) is 17.7. The number of likely N-dealkylation sites (tertiary alicyclic amines) is 1. The van der Waals surface area contributed by atoms with Gasteiger partial charge in [-0.1, -0.05) is 34.1 Å². The zero-order chi connectivity index (χ0) is 38.4. The van der Waals surface area contributed by atoms with Gasteiger partial charge in [-0.3, -0.25) is 14.5 Å². The van der Waals surface area contributed by atoms with E-state index in [1.54, 1.807) is 14.0 Å². The Morgan fingerprint density at radius 1 is 1.02 bits per heavy atom. The number of thiazole rings is 1. The van der Waals surface area contributed by atoms with Gasteiger partial charge < -0.3 is 25.0 Å². The molecule has 5 atom stereocenters. The molecular formula is C34H46F5N5O6S. The number of benzene rings is 1. The lowest BCUT2D eigenvalue weighted by atomic mass is 9.86. The molecule has 17 heteroatoms. The van der Waals surface area contributed by atoms with E-state index in [0.29, 0.717) is 12.8 Å². The fraction of sp³-hybridized carbons (Fsp3) is 0.618. The number of halogens is 5. The van der Waals surface area contributed by atoms with E-state index in [2.05, 4.69) is 20.4 Å². The SMILES string of the molecule is CCNC(=O)O[C@H](C[C@H](C(C)C)N(C)C(=O)[C@@H](NC(=O)[C@@]1(C)CCCCN1C)[C@@H](C)CC)c1nc(C(=O)Oc2c(F)c(F)c(F)c(F)c2F)cs1. The Balaban J connectivity index is 1.91. The number of ether oxygens (including phenoxy) is 2. The van der Waals surface area contributed by atoms with Gasteiger partial charge >= 0.3 is 12.1 Å². The summed E-state index contributed by atoms with van der Waals surface area (Å²) in [6.45, 7) is 12.0. The summed E-state index contributed by atoms with van der Waals surface area (Å²) < 4.78 is 79.4. The number of alkyl carbamates (subject to hydrolysis) is 1. The van der Waals surface area contributed by atoms with Crippen LogP contribution in [0.2, 0.25) is 0 Å². The number of esters is 1.